The molecule has 2 aliphatic heterocycles. The van der Waals surface area contributed by atoms with E-state index < -0.39 is 24.3 Å². The van der Waals surface area contributed by atoms with Gasteiger partial charge in [-0.3, -0.25) is 14.5 Å². The van der Waals surface area contributed by atoms with Crippen LogP contribution >= 0.6 is 0 Å². The summed E-state index contributed by atoms with van der Waals surface area (Å²) in [6.07, 6.45) is -3.91. The Morgan fingerprint density at radius 3 is 1.95 bits per heavy atom. The third-order valence-corrected chi connectivity index (χ3v) is 6.96. The first-order valence-corrected chi connectivity index (χ1v) is 13.0. The highest BCUT2D eigenvalue weighted by molar-refractivity contribution is 5.73. The lowest BCUT2D eigenvalue weighted by Gasteiger charge is -2.48. The average molecular weight is 636 g/mol. The zero-order valence-electron chi connectivity index (χ0n) is 23.9. The highest BCUT2D eigenvalue weighted by Crippen LogP contribution is 2.39. The Morgan fingerprint density at radius 2 is 1.50 bits per heavy atom. The van der Waals surface area contributed by atoms with E-state index in [2.05, 4.69) is 55.0 Å². The molecular weight excluding hydrogens is 604 g/mol. The molecule has 1 spiro atoms. The number of hydrogen-bond acceptors (Lipinski definition) is 8. The molecule has 18 heteroatoms. The normalized spacial score (nSPS) is 16.7. The Balaban J connectivity index is 0.000000317. The standard InChI is InChI=1S/C22H29N7O.2C2HF3O2/c1-26-15-20-24-25-21(18-4-6-19(30-3)7-5-18)29(20)22(16-26)8-10-28(11-9-22)14-17-12-23-27(2)13-17;2*3-2(4,5)1(6)7/h4-7,12-13H,8-11,14-16H2,1-3H3;2*(H,6,7). The van der Waals surface area contributed by atoms with Crippen molar-refractivity contribution < 1.29 is 50.9 Å². The van der Waals surface area contributed by atoms with Crippen LogP contribution in [0.25, 0.3) is 11.4 Å². The maximum absolute atomic E-state index is 10.6. The number of nitrogens with zero attached hydrogens (tertiary/aromatic N) is 7. The number of aromatic nitrogens is 5. The summed E-state index contributed by atoms with van der Waals surface area (Å²) in [7, 11) is 5.86. The third kappa shape index (κ3) is 8.68. The lowest BCUT2D eigenvalue weighted by molar-refractivity contribution is -0.193. The number of ether oxygens (including phenoxy) is 1. The molecular formula is C26H31F6N7O5. The zero-order chi connectivity index (χ0) is 32.9. The quantitative estimate of drug-likeness (QED) is 0.411. The molecule has 1 saturated heterocycles. The summed E-state index contributed by atoms with van der Waals surface area (Å²) in [5.41, 5.74) is 2.40. The van der Waals surface area contributed by atoms with E-state index in [1.807, 2.05) is 30.1 Å². The molecule has 1 fully saturated rings. The van der Waals surface area contributed by atoms with Gasteiger partial charge in [-0.15, -0.1) is 10.2 Å². The minimum atomic E-state index is -5.08. The lowest BCUT2D eigenvalue weighted by Crippen LogP contribution is -2.55. The van der Waals surface area contributed by atoms with E-state index in [1.165, 1.54) is 5.56 Å². The molecule has 0 radical (unpaired) electrons. The fourth-order valence-corrected chi connectivity index (χ4v) is 5.04. The molecule has 3 aromatic rings. The minimum Gasteiger partial charge on any atom is -0.497 e. The van der Waals surface area contributed by atoms with E-state index in [-0.39, 0.29) is 5.54 Å². The van der Waals surface area contributed by atoms with Crippen molar-refractivity contribution in [2.45, 2.75) is 43.8 Å². The number of likely N-dealkylation sites (N-methyl/N-ethyl adjacent to an activating group) is 1. The summed E-state index contributed by atoms with van der Waals surface area (Å²) in [5, 5.41) is 27.8. The van der Waals surface area contributed by atoms with Crippen LogP contribution in [0, 0.1) is 0 Å². The second-order valence-electron chi connectivity index (χ2n) is 10.3. The van der Waals surface area contributed by atoms with Crippen molar-refractivity contribution in [1.82, 2.24) is 34.3 Å². The monoisotopic (exact) mass is 635 g/mol. The smallest absolute Gasteiger partial charge is 0.490 e. The van der Waals surface area contributed by atoms with Gasteiger partial charge in [-0.2, -0.15) is 31.4 Å². The number of carbonyl (C=O) groups is 2. The molecule has 0 bridgehead atoms. The lowest BCUT2D eigenvalue weighted by atomic mass is 9.84. The molecule has 242 valence electrons. The summed E-state index contributed by atoms with van der Waals surface area (Å²) in [4.78, 5) is 22.7. The molecule has 44 heavy (non-hydrogen) atoms. The molecule has 1 aromatic carbocycles. The SMILES string of the molecule is COc1ccc(-c2nnc3n2C2(CCN(Cc4cnn(C)c4)CC2)CN(C)C3)cc1.O=C(O)C(F)(F)F.O=C(O)C(F)(F)F. The van der Waals surface area contributed by atoms with Crippen molar-refractivity contribution in [2.75, 3.05) is 33.8 Å². The number of fused-ring (bicyclic) bond motifs is 2. The summed E-state index contributed by atoms with van der Waals surface area (Å²) in [6, 6.07) is 8.16. The number of carboxylic acids is 2. The van der Waals surface area contributed by atoms with Gasteiger partial charge in [0.15, 0.2) is 5.82 Å². The van der Waals surface area contributed by atoms with Gasteiger partial charge in [0, 0.05) is 50.6 Å². The van der Waals surface area contributed by atoms with Gasteiger partial charge >= 0.3 is 24.3 Å². The number of aliphatic carboxylic acids is 2. The molecule has 12 nitrogen and oxygen atoms in total. The first-order valence-electron chi connectivity index (χ1n) is 13.0. The van der Waals surface area contributed by atoms with Gasteiger partial charge in [-0.1, -0.05) is 0 Å². The Labute approximate surface area is 247 Å². The summed E-state index contributed by atoms with van der Waals surface area (Å²) < 4.78 is 73.1. The molecule has 5 rings (SSSR count). The number of benzene rings is 1. The zero-order valence-corrected chi connectivity index (χ0v) is 23.9. The second kappa shape index (κ2) is 13.6. The van der Waals surface area contributed by atoms with E-state index in [4.69, 9.17) is 24.5 Å². The molecule has 2 N–H and O–H groups in total. The second-order valence-corrected chi connectivity index (χ2v) is 10.3. The van der Waals surface area contributed by atoms with Gasteiger partial charge < -0.3 is 19.5 Å². The van der Waals surface area contributed by atoms with Crippen molar-refractivity contribution in [2.24, 2.45) is 7.05 Å². The van der Waals surface area contributed by atoms with Gasteiger partial charge in [-0.05, 0) is 44.2 Å². The molecule has 2 aromatic heterocycles. The number of rotatable bonds is 4. The van der Waals surface area contributed by atoms with Crippen LogP contribution in [0.15, 0.2) is 36.7 Å². The van der Waals surface area contributed by atoms with Crippen LogP contribution in [0.4, 0.5) is 26.3 Å². The molecule has 0 unspecified atom stereocenters. The third-order valence-electron chi connectivity index (χ3n) is 6.96. The Kier molecular flexibility index (Phi) is 10.6. The van der Waals surface area contributed by atoms with Gasteiger partial charge in [-0.25, -0.2) is 9.59 Å². The number of halogens is 6. The van der Waals surface area contributed by atoms with Crippen LogP contribution in [0.1, 0.15) is 24.2 Å². The molecule has 0 aliphatic carbocycles. The Bertz CT molecular complexity index is 1390. The van der Waals surface area contributed by atoms with Crippen molar-refractivity contribution >= 4 is 11.9 Å². The first kappa shape index (κ1) is 34.3. The Hall–Kier alpha value is -4.19. The van der Waals surface area contributed by atoms with Gasteiger partial charge in [0.05, 0.1) is 25.4 Å². The number of aryl methyl sites for hydroxylation is 1. The van der Waals surface area contributed by atoms with Crippen LogP contribution in [0.5, 0.6) is 5.75 Å². The summed E-state index contributed by atoms with van der Waals surface area (Å²) >= 11 is 0. The van der Waals surface area contributed by atoms with E-state index in [0.717, 1.165) is 68.5 Å². The fourth-order valence-electron chi connectivity index (χ4n) is 5.04. The van der Waals surface area contributed by atoms with E-state index in [1.54, 1.807) is 7.11 Å². The van der Waals surface area contributed by atoms with Crippen LogP contribution < -0.4 is 4.74 Å². The van der Waals surface area contributed by atoms with Crippen molar-refractivity contribution in [3.63, 3.8) is 0 Å². The molecule has 4 heterocycles. The van der Waals surface area contributed by atoms with Gasteiger partial charge in [0.2, 0.25) is 0 Å². The van der Waals surface area contributed by atoms with Crippen molar-refractivity contribution in [3.05, 3.63) is 48.0 Å². The van der Waals surface area contributed by atoms with E-state index >= 15 is 0 Å². The van der Waals surface area contributed by atoms with Gasteiger partial charge in [0.1, 0.15) is 11.6 Å². The molecule has 2 aliphatic rings. The predicted molar refractivity (Wildman–Crippen MR) is 141 cm³/mol. The number of alkyl halides is 6. The fraction of sp³-hybridized carbons (Fsp3) is 0.500. The van der Waals surface area contributed by atoms with Crippen LogP contribution in [0.2, 0.25) is 0 Å². The topological polar surface area (TPSA) is 139 Å². The minimum absolute atomic E-state index is 0.0343. The number of piperidine rings is 1. The maximum atomic E-state index is 10.6. The predicted octanol–water partition coefficient (Wildman–Crippen LogP) is 3.39. The van der Waals surface area contributed by atoms with Crippen LogP contribution in [-0.4, -0.2) is 103 Å². The van der Waals surface area contributed by atoms with Gasteiger partial charge in [0.25, 0.3) is 0 Å². The molecule has 0 saturated carbocycles. The maximum Gasteiger partial charge on any atom is 0.490 e. The Morgan fingerprint density at radius 1 is 0.955 bits per heavy atom. The van der Waals surface area contributed by atoms with Crippen molar-refractivity contribution in [1.29, 1.82) is 0 Å². The molecule has 0 atom stereocenters. The van der Waals surface area contributed by atoms with Crippen molar-refractivity contribution in [3.8, 4) is 17.1 Å². The van der Waals surface area contributed by atoms with E-state index in [0.29, 0.717) is 0 Å². The number of hydrogen-bond donors (Lipinski definition) is 2. The number of likely N-dealkylation sites (tertiary alicyclic amines) is 1. The van der Waals surface area contributed by atoms with E-state index in [9.17, 15) is 26.3 Å². The van der Waals surface area contributed by atoms with Crippen LogP contribution in [-0.2, 0) is 35.3 Å². The average Bonchev–Trinajstić information content (AvgIpc) is 3.56. The highest BCUT2D eigenvalue weighted by Gasteiger charge is 2.43. The largest absolute Gasteiger partial charge is 0.497 e. The number of carboxylic acid groups (broad SMARTS) is 2. The summed E-state index contributed by atoms with van der Waals surface area (Å²) in [5.74, 6) is -2.62. The summed E-state index contributed by atoms with van der Waals surface area (Å²) in [6.45, 7) is 4.94. The number of methoxy groups -OCH3 is 1. The molecule has 0 amide bonds. The van der Waals surface area contributed by atoms with Crippen LogP contribution in [0.3, 0.4) is 0 Å². The highest BCUT2D eigenvalue weighted by atomic mass is 19.4. The first-order chi connectivity index (χ1) is 20.4.